The van der Waals surface area contributed by atoms with E-state index in [2.05, 4.69) is 5.32 Å². The Morgan fingerprint density at radius 1 is 1.47 bits per heavy atom. The molecule has 1 aromatic rings. The molecule has 1 atom stereocenters. The Morgan fingerprint density at radius 2 is 2.21 bits per heavy atom. The van der Waals surface area contributed by atoms with E-state index < -0.39 is 0 Å². The lowest BCUT2D eigenvalue weighted by Crippen LogP contribution is -2.31. The lowest BCUT2D eigenvalue weighted by molar-refractivity contribution is -0.119. The van der Waals surface area contributed by atoms with Crippen LogP contribution in [0.3, 0.4) is 0 Å². The number of hydrogen-bond acceptors (Lipinski definition) is 3. The van der Waals surface area contributed by atoms with Crippen LogP contribution in [0.1, 0.15) is 40.9 Å². The average Bonchev–Trinajstić information content (AvgIpc) is 2.38. The summed E-state index contributed by atoms with van der Waals surface area (Å²) in [4.78, 5) is 23.0. The lowest BCUT2D eigenvalue weighted by Gasteiger charge is -2.28. The van der Waals surface area contributed by atoms with Crippen molar-refractivity contribution in [2.45, 2.75) is 26.3 Å². The summed E-state index contributed by atoms with van der Waals surface area (Å²) >= 11 is 5.59. The van der Waals surface area contributed by atoms with Crippen molar-refractivity contribution < 1.29 is 14.3 Å². The van der Waals surface area contributed by atoms with E-state index >= 15 is 0 Å². The number of carbonyl (C=O) groups excluding carboxylic acids is 2. The van der Waals surface area contributed by atoms with Crippen LogP contribution in [-0.4, -0.2) is 24.2 Å². The molecule has 0 bridgehead atoms. The van der Waals surface area contributed by atoms with E-state index in [-0.39, 0.29) is 23.6 Å². The fraction of sp³-hybridized carbons (Fsp3) is 0.429. The first kappa shape index (κ1) is 13.9. The number of hydrogen-bond donors (Lipinski definition) is 1. The largest absolute Gasteiger partial charge is 0.493 e. The molecule has 1 N–H and O–H groups in total. The Balaban J connectivity index is 2.45. The van der Waals surface area contributed by atoms with Gasteiger partial charge in [0.15, 0.2) is 5.78 Å². The minimum absolute atomic E-state index is 0.0517. The van der Waals surface area contributed by atoms with Crippen molar-refractivity contribution in [2.24, 2.45) is 0 Å². The van der Waals surface area contributed by atoms with Crippen molar-refractivity contribution >= 4 is 23.3 Å². The van der Waals surface area contributed by atoms with Gasteiger partial charge in [-0.2, -0.15) is 0 Å². The van der Waals surface area contributed by atoms with E-state index in [4.69, 9.17) is 16.3 Å². The van der Waals surface area contributed by atoms with Crippen LogP contribution in [0, 0.1) is 6.92 Å². The molecule has 1 unspecified atom stereocenters. The highest BCUT2D eigenvalue weighted by Gasteiger charge is 2.25. The number of ether oxygens (including phenoxy) is 1. The third-order valence-electron chi connectivity index (χ3n) is 3.15. The molecule has 19 heavy (non-hydrogen) atoms. The van der Waals surface area contributed by atoms with Crippen molar-refractivity contribution in [1.82, 2.24) is 5.32 Å². The summed E-state index contributed by atoms with van der Waals surface area (Å²) in [6.45, 7) is 3.93. The molecular formula is C14H16ClNO3. The van der Waals surface area contributed by atoms with E-state index in [0.29, 0.717) is 18.6 Å². The molecule has 1 amide bonds. The number of benzene rings is 1. The number of carbonyl (C=O) groups is 2. The maximum absolute atomic E-state index is 11.7. The van der Waals surface area contributed by atoms with Gasteiger partial charge in [0.25, 0.3) is 0 Å². The number of Topliss-reactive ketones (excluding diaryl/α,β-unsaturated/α-hetero) is 1. The lowest BCUT2D eigenvalue weighted by atomic mass is 9.94. The quantitative estimate of drug-likeness (QED) is 0.684. The topological polar surface area (TPSA) is 55.4 Å². The molecule has 5 heteroatoms. The second-order valence-corrected chi connectivity index (χ2v) is 4.93. The second-order valence-electron chi connectivity index (χ2n) is 4.66. The zero-order valence-electron chi connectivity index (χ0n) is 11.0. The van der Waals surface area contributed by atoms with Gasteiger partial charge in [0, 0.05) is 24.5 Å². The molecule has 2 rings (SSSR count). The summed E-state index contributed by atoms with van der Waals surface area (Å²) in [5.74, 6) is 0.490. The van der Waals surface area contributed by atoms with Gasteiger partial charge in [-0.25, -0.2) is 0 Å². The van der Waals surface area contributed by atoms with Gasteiger partial charge in [0.2, 0.25) is 5.91 Å². The van der Waals surface area contributed by atoms with Gasteiger partial charge in [-0.05, 0) is 24.6 Å². The Kier molecular flexibility index (Phi) is 4.10. The summed E-state index contributed by atoms with van der Waals surface area (Å²) in [6, 6.07) is 3.44. The monoisotopic (exact) mass is 281 g/mol. The predicted molar refractivity (Wildman–Crippen MR) is 72.9 cm³/mol. The number of rotatable bonds is 3. The molecule has 1 aliphatic heterocycles. The van der Waals surface area contributed by atoms with E-state index in [1.165, 1.54) is 6.92 Å². The highest BCUT2D eigenvalue weighted by atomic mass is 35.5. The molecule has 0 fully saturated rings. The van der Waals surface area contributed by atoms with Crippen LogP contribution in [0.15, 0.2) is 12.1 Å². The summed E-state index contributed by atoms with van der Waals surface area (Å²) in [7, 11) is 0. The number of alkyl halides is 1. The second kappa shape index (κ2) is 5.61. The van der Waals surface area contributed by atoms with E-state index in [1.807, 2.05) is 6.92 Å². The minimum atomic E-state index is -0.125. The number of fused-ring (bicyclic) bond motifs is 1. The molecule has 0 saturated heterocycles. The minimum Gasteiger partial charge on any atom is -0.493 e. The summed E-state index contributed by atoms with van der Waals surface area (Å²) in [6.07, 6.45) is 0.699. The molecule has 0 saturated carbocycles. The normalized spacial score (nSPS) is 17.3. The van der Waals surface area contributed by atoms with Crippen molar-refractivity contribution in [3.8, 4) is 5.75 Å². The molecule has 1 aliphatic rings. The SMILES string of the molecule is CC(=O)NC1CCOc2c(C)cc(C(=O)CCl)cc21. The number of ketones is 1. The Morgan fingerprint density at radius 3 is 2.84 bits per heavy atom. The third-order valence-corrected chi connectivity index (χ3v) is 3.40. The standard InChI is InChI=1S/C14H16ClNO3/c1-8-5-10(13(18)7-15)6-11-12(16-9(2)17)3-4-19-14(8)11/h5-6,12H,3-4,7H2,1-2H3,(H,16,17). The maximum Gasteiger partial charge on any atom is 0.217 e. The van der Waals surface area contributed by atoms with Gasteiger partial charge >= 0.3 is 0 Å². The van der Waals surface area contributed by atoms with Crippen molar-refractivity contribution in [3.05, 3.63) is 28.8 Å². The molecular weight excluding hydrogens is 266 g/mol. The average molecular weight is 282 g/mol. The van der Waals surface area contributed by atoms with Gasteiger partial charge in [-0.15, -0.1) is 11.6 Å². The maximum atomic E-state index is 11.7. The third kappa shape index (κ3) is 2.89. The molecule has 4 nitrogen and oxygen atoms in total. The highest BCUT2D eigenvalue weighted by molar-refractivity contribution is 6.30. The molecule has 0 aromatic heterocycles. The Bertz CT molecular complexity index is 528. The van der Waals surface area contributed by atoms with E-state index in [9.17, 15) is 9.59 Å². The molecule has 0 aliphatic carbocycles. The number of amides is 1. The predicted octanol–water partition coefficient (Wildman–Crippen LogP) is 2.38. The number of nitrogens with one attached hydrogen (secondary N) is 1. The fourth-order valence-corrected chi connectivity index (χ4v) is 2.48. The zero-order valence-corrected chi connectivity index (χ0v) is 11.7. The summed E-state index contributed by atoms with van der Waals surface area (Å²) < 4.78 is 5.64. The van der Waals surface area contributed by atoms with Crippen LogP contribution in [0.25, 0.3) is 0 Å². The Labute approximate surface area is 117 Å². The van der Waals surface area contributed by atoms with Crippen LogP contribution in [-0.2, 0) is 4.79 Å². The van der Waals surface area contributed by atoms with Crippen molar-refractivity contribution in [2.75, 3.05) is 12.5 Å². The molecule has 102 valence electrons. The van der Waals surface area contributed by atoms with Gasteiger partial charge in [0.05, 0.1) is 18.5 Å². The summed E-state index contributed by atoms with van der Waals surface area (Å²) in [5, 5.41) is 2.89. The smallest absolute Gasteiger partial charge is 0.217 e. The van der Waals surface area contributed by atoms with Crippen LogP contribution in [0.5, 0.6) is 5.75 Å². The first-order valence-electron chi connectivity index (χ1n) is 6.16. The molecule has 0 radical (unpaired) electrons. The molecule has 1 aromatic carbocycles. The van der Waals surface area contributed by atoms with Crippen molar-refractivity contribution in [1.29, 1.82) is 0 Å². The summed E-state index contributed by atoms with van der Waals surface area (Å²) in [5.41, 5.74) is 2.31. The van der Waals surface area contributed by atoms with Crippen LogP contribution in [0.4, 0.5) is 0 Å². The van der Waals surface area contributed by atoms with Gasteiger partial charge < -0.3 is 10.1 Å². The molecule has 0 spiro atoms. The van der Waals surface area contributed by atoms with Crippen molar-refractivity contribution in [3.63, 3.8) is 0 Å². The van der Waals surface area contributed by atoms with E-state index in [0.717, 1.165) is 16.9 Å². The number of halogens is 1. The van der Waals surface area contributed by atoms with Crippen LogP contribution in [0.2, 0.25) is 0 Å². The van der Waals surface area contributed by atoms with Gasteiger partial charge in [-0.1, -0.05) is 0 Å². The zero-order chi connectivity index (χ0) is 14.0. The number of aryl methyl sites for hydroxylation is 1. The first-order valence-corrected chi connectivity index (χ1v) is 6.70. The van der Waals surface area contributed by atoms with E-state index in [1.54, 1.807) is 12.1 Å². The fourth-order valence-electron chi connectivity index (χ4n) is 2.32. The van der Waals surface area contributed by atoms with Gasteiger partial charge in [-0.3, -0.25) is 9.59 Å². The van der Waals surface area contributed by atoms with Crippen LogP contribution < -0.4 is 10.1 Å². The first-order chi connectivity index (χ1) is 9.02. The Hall–Kier alpha value is -1.55. The molecule has 1 heterocycles. The highest BCUT2D eigenvalue weighted by Crippen LogP contribution is 2.35. The van der Waals surface area contributed by atoms with Gasteiger partial charge in [0.1, 0.15) is 5.75 Å². The van der Waals surface area contributed by atoms with Crippen LogP contribution >= 0.6 is 11.6 Å².